The van der Waals surface area contributed by atoms with Crippen LogP contribution in [0.3, 0.4) is 0 Å². The molecule has 6 nitrogen and oxygen atoms in total. The predicted octanol–water partition coefficient (Wildman–Crippen LogP) is 3.96. The highest BCUT2D eigenvalue weighted by Crippen LogP contribution is 2.23. The van der Waals surface area contributed by atoms with Crippen molar-refractivity contribution in [2.45, 2.75) is 18.9 Å². The molecule has 0 spiro atoms. The maximum absolute atomic E-state index is 14.0. The molecule has 0 aliphatic carbocycles. The van der Waals surface area contributed by atoms with Crippen LogP contribution in [-0.2, 0) is 6.42 Å². The Kier molecular flexibility index (Phi) is 7.76. The summed E-state index contributed by atoms with van der Waals surface area (Å²) in [6.45, 7) is 2.19. The van der Waals surface area contributed by atoms with Gasteiger partial charge in [-0.25, -0.2) is 9.37 Å². The number of hydrogen-bond acceptors (Lipinski definition) is 3. The standard InChI is InChI=1S/C21H24ClFN6.HI/c1-24-21(26-9-6-14-12-27-19-5-4-15(22)11-17(14)19)28-16-7-10-29(13-16)20-18(23)3-2-8-25-20;/h2-5,8,11-12,16,27H,6-7,9-10,13H2,1H3,(H2,24,26,28);1H. The summed E-state index contributed by atoms with van der Waals surface area (Å²) in [5, 5.41) is 8.67. The van der Waals surface area contributed by atoms with E-state index in [1.165, 1.54) is 11.6 Å². The lowest BCUT2D eigenvalue weighted by Crippen LogP contribution is -2.45. The molecule has 30 heavy (non-hydrogen) atoms. The van der Waals surface area contributed by atoms with Crippen LogP contribution in [-0.4, -0.2) is 48.7 Å². The summed E-state index contributed by atoms with van der Waals surface area (Å²) < 4.78 is 14.0. The van der Waals surface area contributed by atoms with Crippen molar-refractivity contribution in [3.05, 3.63) is 59.1 Å². The number of H-pyrrole nitrogens is 1. The number of aromatic nitrogens is 2. The molecule has 1 aromatic carbocycles. The van der Waals surface area contributed by atoms with Crippen molar-refractivity contribution in [3.63, 3.8) is 0 Å². The maximum atomic E-state index is 14.0. The van der Waals surface area contributed by atoms with E-state index < -0.39 is 0 Å². The zero-order valence-corrected chi connectivity index (χ0v) is 19.7. The van der Waals surface area contributed by atoms with Gasteiger partial charge in [0.05, 0.1) is 0 Å². The van der Waals surface area contributed by atoms with Crippen molar-refractivity contribution in [1.29, 1.82) is 0 Å². The van der Waals surface area contributed by atoms with Crippen LogP contribution in [0, 0.1) is 5.82 Å². The molecular formula is C21H25ClFIN6. The Bertz CT molecular complexity index is 1020. The van der Waals surface area contributed by atoms with Crippen molar-refractivity contribution in [2.75, 3.05) is 31.6 Å². The van der Waals surface area contributed by atoms with Crippen molar-refractivity contribution >= 4 is 58.3 Å². The molecule has 1 aliphatic heterocycles. The first kappa shape index (κ1) is 22.6. The molecule has 160 valence electrons. The molecule has 3 aromatic rings. The first-order chi connectivity index (χ1) is 14.1. The third-order valence-corrected chi connectivity index (χ3v) is 5.44. The molecule has 1 saturated heterocycles. The average Bonchev–Trinajstić information content (AvgIpc) is 3.34. The third-order valence-electron chi connectivity index (χ3n) is 5.21. The molecule has 1 aliphatic rings. The van der Waals surface area contributed by atoms with E-state index in [-0.39, 0.29) is 35.8 Å². The molecule has 4 rings (SSSR count). The van der Waals surface area contributed by atoms with E-state index in [2.05, 4.69) is 25.6 Å². The second-order valence-electron chi connectivity index (χ2n) is 7.14. The first-order valence-electron chi connectivity index (χ1n) is 9.72. The minimum Gasteiger partial charge on any atom is -0.361 e. The van der Waals surface area contributed by atoms with Gasteiger partial charge in [-0.05, 0) is 48.7 Å². The molecule has 9 heteroatoms. The Morgan fingerprint density at radius 3 is 3.07 bits per heavy atom. The Labute approximate surface area is 197 Å². The highest BCUT2D eigenvalue weighted by molar-refractivity contribution is 14.0. The monoisotopic (exact) mass is 542 g/mol. The van der Waals surface area contributed by atoms with Gasteiger partial charge in [0.2, 0.25) is 0 Å². The molecule has 1 atom stereocenters. The van der Waals surface area contributed by atoms with E-state index in [9.17, 15) is 4.39 Å². The molecule has 0 bridgehead atoms. The molecule has 0 saturated carbocycles. The fourth-order valence-electron chi connectivity index (χ4n) is 3.74. The van der Waals surface area contributed by atoms with Gasteiger partial charge in [0.15, 0.2) is 17.6 Å². The second kappa shape index (κ2) is 10.3. The summed E-state index contributed by atoms with van der Waals surface area (Å²) in [6, 6.07) is 9.11. The predicted molar refractivity (Wildman–Crippen MR) is 132 cm³/mol. The maximum Gasteiger partial charge on any atom is 0.191 e. The number of aliphatic imine (C=N–C) groups is 1. The fourth-order valence-corrected chi connectivity index (χ4v) is 3.91. The number of guanidine groups is 1. The molecule has 0 radical (unpaired) electrons. The summed E-state index contributed by atoms with van der Waals surface area (Å²) >= 11 is 6.12. The molecule has 1 unspecified atom stereocenters. The van der Waals surface area contributed by atoms with Gasteiger partial charge in [-0.2, -0.15) is 0 Å². The SMILES string of the molecule is CN=C(NCCc1c[nH]c2ccc(Cl)cc12)NC1CCN(c2ncccc2F)C1.I. The zero-order chi connectivity index (χ0) is 20.2. The van der Waals surface area contributed by atoms with Gasteiger partial charge in [0.1, 0.15) is 0 Å². The Hall–Kier alpha value is -2.07. The number of fused-ring (bicyclic) bond motifs is 1. The molecule has 3 N–H and O–H groups in total. The van der Waals surface area contributed by atoms with Crippen molar-refractivity contribution in [3.8, 4) is 0 Å². The van der Waals surface area contributed by atoms with Crippen LogP contribution in [0.5, 0.6) is 0 Å². The summed E-state index contributed by atoms with van der Waals surface area (Å²) in [5.74, 6) is 0.878. The molecule has 2 aromatic heterocycles. The van der Waals surface area contributed by atoms with Gasteiger partial charge in [-0.15, -0.1) is 24.0 Å². The Morgan fingerprint density at radius 2 is 2.27 bits per heavy atom. The molecule has 3 heterocycles. The van der Waals surface area contributed by atoms with Gasteiger partial charge in [-0.1, -0.05) is 11.6 Å². The summed E-state index contributed by atoms with van der Waals surface area (Å²) in [5.41, 5.74) is 2.29. The number of aromatic amines is 1. The van der Waals surface area contributed by atoms with Crippen LogP contribution in [0.15, 0.2) is 47.7 Å². The second-order valence-corrected chi connectivity index (χ2v) is 7.57. The minimum atomic E-state index is -0.283. The lowest BCUT2D eigenvalue weighted by molar-refractivity contribution is 0.612. The van der Waals surface area contributed by atoms with E-state index in [1.807, 2.05) is 29.3 Å². The molecule has 0 amide bonds. The average molecular weight is 543 g/mol. The van der Waals surface area contributed by atoms with Crippen molar-refractivity contribution in [1.82, 2.24) is 20.6 Å². The van der Waals surface area contributed by atoms with E-state index in [4.69, 9.17) is 11.6 Å². The van der Waals surface area contributed by atoms with Gasteiger partial charge in [0.25, 0.3) is 0 Å². The van der Waals surface area contributed by atoms with Crippen LogP contribution in [0.4, 0.5) is 10.2 Å². The lowest BCUT2D eigenvalue weighted by atomic mass is 10.1. The normalized spacial score (nSPS) is 16.6. The fraction of sp³-hybridized carbons (Fsp3) is 0.333. The van der Waals surface area contributed by atoms with Crippen LogP contribution < -0.4 is 15.5 Å². The number of nitrogens with zero attached hydrogens (tertiary/aromatic N) is 3. The van der Waals surface area contributed by atoms with Crippen LogP contribution in [0.2, 0.25) is 5.02 Å². The van der Waals surface area contributed by atoms with Crippen molar-refractivity contribution in [2.24, 2.45) is 4.99 Å². The number of rotatable bonds is 5. The van der Waals surface area contributed by atoms with Crippen LogP contribution in [0.1, 0.15) is 12.0 Å². The van der Waals surface area contributed by atoms with Crippen LogP contribution >= 0.6 is 35.6 Å². The Balaban J connectivity index is 0.00000256. The summed E-state index contributed by atoms with van der Waals surface area (Å²) in [7, 11) is 1.76. The number of halogens is 3. The molecular weight excluding hydrogens is 518 g/mol. The minimum absolute atomic E-state index is 0. The number of benzene rings is 1. The first-order valence-corrected chi connectivity index (χ1v) is 10.1. The number of nitrogens with one attached hydrogen (secondary N) is 3. The van der Waals surface area contributed by atoms with E-state index in [1.54, 1.807) is 19.3 Å². The van der Waals surface area contributed by atoms with E-state index >= 15 is 0 Å². The quantitative estimate of drug-likeness (QED) is 0.259. The van der Waals surface area contributed by atoms with Gasteiger partial charge < -0.3 is 20.5 Å². The van der Waals surface area contributed by atoms with Gasteiger partial charge in [0, 0.05) is 61.0 Å². The number of hydrogen-bond donors (Lipinski definition) is 3. The Morgan fingerprint density at radius 1 is 1.40 bits per heavy atom. The lowest BCUT2D eigenvalue weighted by Gasteiger charge is -2.20. The van der Waals surface area contributed by atoms with E-state index in [0.29, 0.717) is 12.4 Å². The third kappa shape index (κ3) is 5.15. The van der Waals surface area contributed by atoms with Gasteiger partial charge in [-0.3, -0.25) is 4.99 Å². The van der Waals surface area contributed by atoms with Gasteiger partial charge >= 0.3 is 0 Å². The molecule has 1 fully saturated rings. The summed E-state index contributed by atoms with van der Waals surface area (Å²) in [4.78, 5) is 13.7. The largest absolute Gasteiger partial charge is 0.361 e. The number of anilines is 1. The number of pyridine rings is 1. The highest BCUT2D eigenvalue weighted by atomic mass is 127. The smallest absolute Gasteiger partial charge is 0.191 e. The highest BCUT2D eigenvalue weighted by Gasteiger charge is 2.25. The zero-order valence-electron chi connectivity index (χ0n) is 16.7. The topological polar surface area (TPSA) is 68.3 Å². The van der Waals surface area contributed by atoms with Crippen LogP contribution in [0.25, 0.3) is 10.9 Å². The van der Waals surface area contributed by atoms with E-state index in [0.717, 1.165) is 47.8 Å². The summed E-state index contributed by atoms with van der Waals surface area (Å²) in [6.07, 6.45) is 5.39. The van der Waals surface area contributed by atoms with Crippen molar-refractivity contribution < 1.29 is 4.39 Å².